The third-order valence-electron chi connectivity index (χ3n) is 2.60. The molecule has 0 unspecified atom stereocenters. The molecule has 98 valence electrons. The minimum atomic E-state index is -0.493. The standard InChI is InChI=1S/C13H13N3O3/c1-8-6-10(14)13(15-7-8)19-12-9(2)4-3-5-11(12)16(17)18/h3-7H,14H2,1-2H3. The van der Waals surface area contributed by atoms with Gasteiger partial charge in [0.25, 0.3) is 0 Å². The average Bonchev–Trinajstić information content (AvgIpc) is 2.34. The van der Waals surface area contributed by atoms with Crippen LogP contribution in [0.25, 0.3) is 0 Å². The van der Waals surface area contributed by atoms with E-state index in [1.165, 1.54) is 6.07 Å². The molecule has 1 aromatic carbocycles. The molecule has 19 heavy (non-hydrogen) atoms. The van der Waals surface area contributed by atoms with Crippen molar-refractivity contribution >= 4 is 11.4 Å². The number of ether oxygens (including phenoxy) is 1. The molecule has 1 aromatic heterocycles. The van der Waals surface area contributed by atoms with Crippen molar-refractivity contribution in [3.05, 3.63) is 51.7 Å². The van der Waals surface area contributed by atoms with Crippen molar-refractivity contribution in [3.8, 4) is 11.6 Å². The summed E-state index contributed by atoms with van der Waals surface area (Å²) in [5.74, 6) is 0.332. The Morgan fingerprint density at radius 3 is 2.74 bits per heavy atom. The lowest BCUT2D eigenvalue weighted by Crippen LogP contribution is -1.99. The average molecular weight is 259 g/mol. The highest BCUT2D eigenvalue weighted by Crippen LogP contribution is 2.35. The Kier molecular flexibility index (Phi) is 3.33. The fraction of sp³-hybridized carbons (Fsp3) is 0.154. The van der Waals surface area contributed by atoms with Crippen LogP contribution in [0.5, 0.6) is 11.6 Å². The molecule has 0 aliphatic carbocycles. The quantitative estimate of drug-likeness (QED) is 0.675. The molecule has 0 fully saturated rings. The van der Waals surface area contributed by atoms with E-state index in [9.17, 15) is 10.1 Å². The van der Waals surface area contributed by atoms with E-state index in [-0.39, 0.29) is 17.3 Å². The summed E-state index contributed by atoms with van der Waals surface area (Å²) in [5, 5.41) is 11.0. The Hall–Kier alpha value is -2.63. The number of aromatic nitrogens is 1. The van der Waals surface area contributed by atoms with E-state index in [2.05, 4.69) is 4.98 Å². The van der Waals surface area contributed by atoms with E-state index in [1.807, 2.05) is 6.92 Å². The highest BCUT2D eigenvalue weighted by atomic mass is 16.6. The smallest absolute Gasteiger partial charge is 0.311 e. The zero-order valence-electron chi connectivity index (χ0n) is 10.6. The van der Waals surface area contributed by atoms with Gasteiger partial charge in [0.15, 0.2) is 0 Å². The van der Waals surface area contributed by atoms with Gasteiger partial charge in [0, 0.05) is 12.3 Å². The maximum atomic E-state index is 11.0. The van der Waals surface area contributed by atoms with Crippen molar-refractivity contribution in [2.45, 2.75) is 13.8 Å². The first-order valence-electron chi connectivity index (χ1n) is 5.63. The topological polar surface area (TPSA) is 91.3 Å². The van der Waals surface area contributed by atoms with Crippen LogP contribution in [0.1, 0.15) is 11.1 Å². The van der Waals surface area contributed by atoms with E-state index in [4.69, 9.17) is 10.5 Å². The van der Waals surface area contributed by atoms with Crippen molar-refractivity contribution in [2.24, 2.45) is 0 Å². The van der Waals surface area contributed by atoms with Gasteiger partial charge in [0.1, 0.15) is 0 Å². The molecule has 0 atom stereocenters. The number of pyridine rings is 1. The molecule has 0 saturated carbocycles. The van der Waals surface area contributed by atoms with E-state index in [0.29, 0.717) is 11.3 Å². The van der Waals surface area contributed by atoms with Crippen LogP contribution in [-0.4, -0.2) is 9.91 Å². The van der Waals surface area contributed by atoms with Crippen LogP contribution in [0.15, 0.2) is 30.5 Å². The van der Waals surface area contributed by atoms with E-state index >= 15 is 0 Å². The van der Waals surface area contributed by atoms with E-state index < -0.39 is 4.92 Å². The lowest BCUT2D eigenvalue weighted by molar-refractivity contribution is -0.385. The number of hydrogen-bond acceptors (Lipinski definition) is 5. The summed E-state index contributed by atoms with van der Waals surface area (Å²) >= 11 is 0. The maximum absolute atomic E-state index is 11.0. The number of benzene rings is 1. The number of nitro groups is 1. The molecule has 0 aliphatic rings. The van der Waals surface area contributed by atoms with Crippen LogP contribution >= 0.6 is 0 Å². The molecular weight excluding hydrogens is 246 g/mol. The number of nitro benzene ring substituents is 1. The Morgan fingerprint density at radius 2 is 2.11 bits per heavy atom. The molecule has 0 saturated heterocycles. The molecule has 0 aliphatic heterocycles. The monoisotopic (exact) mass is 259 g/mol. The minimum absolute atomic E-state index is 0.109. The Labute approximate surface area is 110 Å². The fourth-order valence-corrected chi connectivity index (χ4v) is 1.67. The van der Waals surface area contributed by atoms with Crippen LogP contribution < -0.4 is 10.5 Å². The van der Waals surface area contributed by atoms with Gasteiger partial charge in [-0.15, -0.1) is 0 Å². The zero-order valence-corrected chi connectivity index (χ0v) is 10.6. The molecule has 0 spiro atoms. The van der Waals surface area contributed by atoms with Gasteiger partial charge in [-0.05, 0) is 31.0 Å². The molecule has 1 heterocycles. The minimum Gasteiger partial charge on any atom is -0.429 e. The predicted molar refractivity (Wildman–Crippen MR) is 71.3 cm³/mol. The normalized spacial score (nSPS) is 10.2. The summed E-state index contributed by atoms with van der Waals surface area (Å²) in [6.45, 7) is 3.58. The number of rotatable bonds is 3. The number of nitrogen functional groups attached to an aromatic ring is 1. The Morgan fingerprint density at radius 1 is 1.37 bits per heavy atom. The van der Waals surface area contributed by atoms with Crippen LogP contribution in [-0.2, 0) is 0 Å². The van der Waals surface area contributed by atoms with Crippen LogP contribution in [0.2, 0.25) is 0 Å². The Bertz CT molecular complexity index is 641. The second kappa shape index (κ2) is 4.93. The largest absolute Gasteiger partial charge is 0.429 e. The third kappa shape index (κ3) is 2.62. The van der Waals surface area contributed by atoms with Gasteiger partial charge < -0.3 is 10.5 Å². The lowest BCUT2D eigenvalue weighted by Gasteiger charge is -2.10. The summed E-state index contributed by atoms with van der Waals surface area (Å²) in [6, 6.07) is 6.41. The predicted octanol–water partition coefficient (Wildman–Crippen LogP) is 2.98. The van der Waals surface area contributed by atoms with E-state index in [1.54, 1.807) is 31.3 Å². The van der Waals surface area contributed by atoms with Crippen molar-refractivity contribution < 1.29 is 9.66 Å². The number of nitrogens with two attached hydrogens (primary N) is 1. The summed E-state index contributed by atoms with van der Waals surface area (Å²) in [6.07, 6.45) is 1.59. The van der Waals surface area contributed by atoms with Gasteiger partial charge >= 0.3 is 5.69 Å². The van der Waals surface area contributed by atoms with Gasteiger partial charge in [0.05, 0.1) is 10.6 Å². The van der Waals surface area contributed by atoms with Gasteiger partial charge in [-0.25, -0.2) is 4.98 Å². The lowest BCUT2D eigenvalue weighted by atomic mass is 10.2. The van der Waals surface area contributed by atoms with Gasteiger partial charge in [0.2, 0.25) is 11.6 Å². The number of hydrogen-bond donors (Lipinski definition) is 1. The third-order valence-corrected chi connectivity index (χ3v) is 2.60. The highest BCUT2D eigenvalue weighted by molar-refractivity contribution is 5.56. The summed E-state index contributed by atoms with van der Waals surface area (Å²) in [7, 11) is 0. The number of aryl methyl sites for hydroxylation is 2. The highest BCUT2D eigenvalue weighted by Gasteiger charge is 2.19. The maximum Gasteiger partial charge on any atom is 0.311 e. The SMILES string of the molecule is Cc1cnc(Oc2c(C)cccc2[N+](=O)[O-])c(N)c1. The second-order valence-corrected chi connectivity index (χ2v) is 4.19. The number of anilines is 1. The van der Waals surface area contributed by atoms with Crippen molar-refractivity contribution in [1.29, 1.82) is 0 Å². The van der Waals surface area contributed by atoms with E-state index in [0.717, 1.165) is 5.56 Å². The molecule has 0 radical (unpaired) electrons. The summed E-state index contributed by atoms with van der Waals surface area (Å²) in [4.78, 5) is 14.5. The first-order valence-corrected chi connectivity index (χ1v) is 5.63. The molecule has 2 N–H and O–H groups in total. The molecule has 6 nitrogen and oxygen atoms in total. The second-order valence-electron chi connectivity index (χ2n) is 4.19. The van der Waals surface area contributed by atoms with Crippen LogP contribution in [0.4, 0.5) is 11.4 Å². The van der Waals surface area contributed by atoms with Crippen molar-refractivity contribution in [2.75, 3.05) is 5.73 Å². The molecule has 2 aromatic rings. The summed E-state index contributed by atoms with van der Waals surface area (Å²) < 4.78 is 5.51. The number of nitrogens with zero attached hydrogens (tertiary/aromatic N) is 2. The van der Waals surface area contributed by atoms with Gasteiger partial charge in [-0.3, -0.25) is 10.1 Å². The molecule has 0 bridgehead atoms. The first-order chi connectivity index (χ1) is 8.99. The molecule has 6 heteroatoms. The summed E-state index contributed by atoms with van der Waals surface area (Å²) in [5.41, 5.74) is 7.57. The Balaban J connectivity index is 2.46. The van der Waals surface area contributed by atoms with Crippen LogP contribution in [0, 0.1) is 24.0 Å². The molecule has 0 amide bonds. The van der Waals surface area contributed by atoms with Crippen LogP contribution in [0.3, 0.4) is 0 Å². The first kappa shape index (κ1) is 12.8. The zero-order chi connectivity index (χ0) is 14.0. The molecular formula is C13H13N3O3. The fourth-order valence-electron chi connectivity index (χ4n) is 1.67. The molecule has 2 rings (SSSR count). The van der Waals surface area contributed by atoms with Gasteiger partial charge in [-0.2, -0.15) is 0 Å². The van der Waals surface area contributed by atoms with Crippen molar-refractivity contribution in [1.82, 2.24) is 4.98 Å². The van der Waals surface area contributed by atoms with Gasteiger partial charge in [-0.1, -0.05) is 12.1 Å². The number of para-hydroxylation sites is 1. The van der Waals surface area contributed by atoms with Crippen molar-refractivity contribution in [3.63, 3.8) is 0 Å².